The zero-order valence-corrected chi connectivity index (χ0v) is 32.1. The number of hydrogen-bond acceptors (Lipinski definition) is 9. The number of nitrogens with one attached hydrogen (secondary N) is 1. The molecule has 13 heteroatoms. The third kappa shape index (κ3) is 7.02. The minimum Gasteiger partial charge on any atom is -0.490 e. The van der Waals surface area contributed by atoms with E-state index >= 15 is 0 Å². The molecule has 0 bridgehead atoms. The minimum atomic E-state index is -0.974. The van der Waals surface area contributed by atoms with E-state index in [4.69, 9.17) is 21.6 Å². The van der Waals surface area contributed by atoms with Crippen molar-refractivity contribution < 1.29 is 28.7 Å². The SMILES string of the molecule is N#Cc1ccc(OC2CCC(N3Cc4cc(C#CC5CCN(C6CN(c7ccc8c(c7)C(=O)N(C7CCC(=O)NC7=O)C8=O)C6)CC5)ccc4C3=O)CC2)cc1Cl. The quantitative estimate of drug-likeness (QED) is 0.273. The first-order chi connectivity index (χ1) is 27.6. The number of ether oxygens (including phenoxy) is 1. The number of fused-ring (bicyclic) bond motifs is 2. The summed E-state index contributed by atoms with van der Waals surface area (Å²) in [5.41, 5.74) is 4.63. The maximum Gasteiger partial charge on any atom is 0.262 e. The predicted molar refractivity (Wildman–Crippen MR) is 209 cm³/mol. The number of imide groups is 2. The molecule has 6 aliphatic rings. The molecule has 290 valence electrons. The molecule has 1 unspecified atom stereocenters. The van der Waals surface area contributed by atoms with Gasteiger partial charge in [-0.1, -0.05) is 23.4 Å². The van der Waals surface area contributed by atoms with Crippen molar-refractivity contribution in [2.75, 3.05) is 31.1 Å². The van der Waals surface area contributed by atoms with Gasteiger partial charge in [0.2, 0.25) is 11.8 Å². The van der Waals surface area contributed by atoms with Crippen molar-refractivity contribution in [3.63, 3.8) is 0 Å². The largest absolute Gasteiger partial charge is 0.490 e. The monoisotopic (exact) mass is 784 g/mol. The van der Waals surface area contributed by atoms with Crippen LogP contribution < -0.4 is 15.0 Å². The van der Waals surface area contributed by atoms with Crippen molar-refractivity contribution in [1.82, 2.24) is 20.0 Å². The summed E-state index contributed by atoms with van der Waals surface area (Å²) in [6, 6.07) is 18.1. The Bertz CT molecular complexity index is 2310. The first-order valence-corrected chi connectivity index (χ1v) is 20.2. The number of carbonyl (C=O) groups is 5. The zero-order chi connectivity index (χ0) is 39.4. The normalized spacial score (nSPS) is 24.0. The molecular formula is C44H41ClN6O6. The first kappa shape index (κ1) is 36.9. The summed E-state index contributed by atoms with van der Waals surface area (Å²) in [6.07, 6.45) is 5.64. The number of rotatable bonds is 6. The number of nitriles is 1. The van der Waals surface area contributed by atoms with E-state index in [1.54, 1.807) is 30.3 Å². The molecule has 9 rings (SSSR count). The van der Waals surface area contributed by atoms with E-state index in [1.807, 2.05) is 23.1 Å². The Hall–Kier alpha value is -5.69. The highest BCUT2D eigenvalue weighted by Gasteiger charge is 2.45. The molecule has 1 atom stereocenters. The third-order valence-corrected chi connectivity index (χ3v) is 12.8. The van der Waals surface area contributed by atoms with Crippen LogP contribution in [-0.4, -0.2) is 94.6 Å². The van der Waals surface area contributed by atoms with Gasteiger partial charge < -0.3 is 14.5 Å². The Kier molecular flexibility index (Phi) is 9.71. The molecule has 5 heterocycles. The summed E-state index contributed by atoms with van der Waals surface area (Å²) in [5.74, 6) is 5.98. The maximum atomic E-state index is 13.4. The van der Waals surface area contributed by atoms with Gasteiger partial charge in [0.1, 0.15) is 17.9 Å². The second-order valence-corrected chi connectivity index (χ2v) is 16.3. The van der Waals surface area contributed by atoms with Crippen LogP contribution >= 0.6 is 11.6 Å². The lowest BCUT2D eigenvalue weighted by molar-refractivity contribution is -0.136. The van der Waals surface area contributed by atoms with Gasteiger partial charge in [-0.3, -0.25) is 39.1 Å². The molecule has 0 radical (unpaired) electrons. The number of hydrogen-bond donors (Lipinski definition) is 1. The fourth-order valence-electron chi connectivity index (χ4n) is 9.19. The molecule has 5 aliphatic heterocycles. The van der Waals surface area contributed by atoms with E-state index in [0.717, 1.165) is 92.0 Å². The van der Waals surface area contributed by atoms with Crippen LogP contribution in [0.1, 0.15) is 99.1 Å². The van der Waals surface area contributed by atoms with Crippen molar-refractivity contribution in [3.8, 4) is 23.7 Å². The zero-order valence-electron chi connectivity index (χ0n) is 31.3. The molecule has 1 N–H and O–H groups in total. The summed E-state index contributed by atoms with van der Waals surface area (Å²) in [4.78, 5) is 71.5. The maximum absolute atomic E-state index is 13.4. The summed E-state index contributed by atoms with van der Waals surface area (Å²) >= 11 is 6.18. The molecule has 4 fully saturated rings. The molecule has 5 amide bonds. The van der Waals surface area contributed by atoms with Gasteiger partial charge in [-0.25, -0.2) is 0 Å². The Labute approximate surface area is 335 Å². The van der Waals surface area contributed by atoms with Gasteiger partial charge >= 0.3 is 0 Å². The first-order valence-electron chi connectivity index (χ1n) is 19.8. The van der Waals surface area contributed by atoms with Crippen LogP contribution in [0.2, 0.25) is 5.02 Å². The highest BCUT2D eigenvalue weighted by atomic mass is 35.5. The lowest BCUT2D eigenvalue weighted by Gasteiger charge is -2.48. The molecule has 1 saturated carbocycles. The smallest absolute Gasteiger partial charge is 0.262 e. The number of anilines is 1. The van der Waals surface area contributed by atoms with E-state index in [0.29, 0.717) is 40.4 Å². The van der Waals surface area contributed by atoms with Crippen molar-refractivity contribution in [2.45, 2.75) is 82.1 Å². The van der Waals surface area contributed by atoms with Crippen molar-refractivity contribution in [2.24, 2.45) is 5.92 Å². The van der Waals surface area contributed by atoms with Gasteiger partial charge in [0, 0.05) is 66.9 Å². The second kappa shape index (κ2) is 15.0. The van der Waals surface area contributed by atoms with E-state index in [9.17, 15) is 24.0 Å². The van der Waals surface area contributed by atoms with E-state index < -0.39 is 29.7 Å². The molecule has 12 nitrogen and oxygen atoms in total. The van der Waals surface area contributed by atoms with Crippen LogP contribution in [0.25, 0.3) is 0 Å². The summed E-state index contributed by atoms with van der Waals surface area (Å²) in [6.45, 7) is 4.16. The number of halogens is 1. The Balaban J connectivity index is 0.738. The van der Waals surface area contributed by atoms with E-state index in [-0.39, 0.29) is 36.5 Å². The molecule has 3 saturated heterocycles. The van der Waals surface area contributed by atoms with E-state index in [2.05, 4.69) is 39.1 Å². The molecule has 3 aromatic carbocycles. The molecule has 57 heavy (non-hydrogen) atoms. The van der Waals surface area contributed by atoms with Crippen LogP contribution in [0, 0.1) is 29.1 Å². The number of benzene rings is 3. The molecule has 3 aromatic rings. The van der Waals surface area contributed by atoms with E-state index in [1.165, 1.54) is 0 Å². The second-order valence-electron chi connectivity index (χ2n) is 15.9. The van der Waals surface area contributed by atoms with Crippen LogP contribution in [0.15, 0.2) is 54.6 Å². The Morgan fingerprint density at radius 1 is 0.772 bits per heavy atom. The fraction of sp³-hybridized carbons (Fsp3) is 0.409. The van der Waals surface area contributed by atoms with Gasteiger partial charge in [-0.15, -0.1) is 0 Å². The average Bonchev–Trinajstić information content (AvgIpc) is 3.65. The standard InChI is InChI=1S/C44H41ClN6O6/c45-38-21-34(8-4-28(38)22-46)57-33-9-5-30(6-10-33)50-23-29-19-27(3-11-35(29)42(50)54)2-1-26-15-17-48(18-16-26)32-24-49(25-32)31-7-12-36-37(20-31)44(56)51(43(36)55)39-13-14-40(52)47-41(39)53/h3-4,7-8,11-12,19-21,26,30,32-33,39H,5-6,9-10,13-18,23-25H2,(H,47,52,53). The van der Waals surface area contributed by atoms with Gasteiger partial charge in [-0.05, 0) is 112 Å². The Morgan fingerprint density at radius 3 is 2.26 bits per heavy atom. The van der Waals surface area contributed by atoms with Crippen molar-refractivity contribution >= 4 is 46.8 Å². The number of carbonyl (C=O) groups excluding carboxylic acids is 5. The number of nitrogens with zero attached hydrogens (tertiary/aromatic N) is 5. The van der Waals surface area contributed by atoms with Crippen LogP contribution in [0.5, 0.6) is 5.75 Å². The molecule has 0 aromatic heterocycles. The molecular weight excluding hydrogens is 744 g/mol. The van der Waals surface area contributed by atoms with Gasteiger partial charge in [-0.2, -0.15) is 5.26 Å². The van der Waals surface area contributed by atoms with Crippen molar-refractivity contribution in [1.29, 1.82) is 5.26 Å². The average molecular weight is 785 g/mol. The van der Waals surface area contributed by atoms with Gasteiger partial charge in [0.15, 0.2) is 0 Å². The fourth-order valence-corrected chi connectivity index (χ4v) is 9.40. The third-order valence-electron chi connectivity index (χ3n) is 12.5. The highest BCUT2D eigenvalue weighted by molar-refractivity contribution is 6.31. The van der Waals surface area contributed by atoms with Gasteiger partial charge in [0.25, 0.3) is 17.7 Å². The lowest BCUT2D eigenvalue weighted by atomic mass is 9.92. The summed E-state index contributed by atoms with van der Waals surface area (Å²) < 4.78 is 6.16. The molecule has 1 aliphatic carbocycles. The van der Waals surface area contributed by atoms with Crippen LogP contribution in [-0.2, 0) is 16.1 Å². The van der Waals surface area contributed by atoms with Crippen molar-refractivity contribution in [3.05, 3.63) is 93.0 Å². The number of amides is 5. The summed E-state index contributed by atoms with van der Waals surface area (Å²) in [7, 11) is 0. The highest BCUT2D eigenvalue weighted by Crippen LogP contribution is 2.35. The minimum absolute atomic E-state index is 0.0445. The molecule has 0 spiro atoms. The number of likely N-dealkylation sites (tertiary alicyclic amines) is 1. The van der Waals surface area contributed by atoms with Crippen LogP contribution in [0.4, 0.5) is 5.69 Å². The Morgan fingerprint density at radius 2 is 1.53 bits per heavy atom. The number of piperidine rings is 2. The van der Waals surface area contributed by atoms with Crippen LogP contribution in [0.3, 0.4) is 0 Å². The summed E-state index contributed by atoms with van der Waals surface area (Å²) in [5, 5.41) is 11.8. The lowest BCUT2D eigenvalue weighted by Crippen LogP contribution is -2.61. The van der Waals surface area contributed by atoms with Gasteiger partial charge in [0.05, 0.1) is 27.8 Å². The topological polar surface area (TPSA) is 143 Å². The predicted octanol–water partition coefficient (Wildman–Crippen LogP) is 4.91.